The molecule has 3 aliphatic rings. The Bertz CT molecular complexity index is 1330. The summed E-state index contributed by atoms with van der Waals surface area (Å²) in [6.07, 6.45) is 3.40. The SMILES string of the molecule is COCCn1cc(C(=O)NCc2ccc3c(c2)OCO3)c2nn(-c3ccccc3)c(=O)c-2c1. The maximum Gasteiger partial charge on any atom is 0.282 e. The molecule has 0 bridgehead atoms. The van der Waals surface area contributed by atoms with E-state index in [0.29, 0.717) is 47.2 Å². The molecule has 168 valence electrons. The Kier molecular flexibility index (Phi) is 5.54. The molecule has 33 heavy (non-hydrogen) atoms. The van der Waals surface area contributed by atoms with Gasteiger partial charge in [-0.25, -0.2) is 0 Å². The zero-order valence-corrected chi connectivity index (χ0v) is 18.0. The molecule has 0 saturated carbocycles. The molecule has 0 aromatic heterocycles. The predicted octanol–water partition coefficient (Wildman–Crippen LogP) is 2.44. The number of carbonyl (C=O) groups is 1. The molecule has 1 amide bonds. The number of hydrogen-bond acceptors (Lipinski definition) is 6. The third-order valence-corrected chi connectivity index (χ3v) is 5.41. The Morgan fingerprint density at radius 2 is 1.94 bits per heavy atom. The minimum Gasteiger partial charge on any atom is -0.454 e. The van der Waals surface area contributed by atoms with E-state index in [9.17, 15) is 9.59 Å². The van der Waals surface area contributed by atoms with Crippen LogP contribution in [0.5, 0.6) is 11.5 Å². The average molecular weight is 446 g/mol. The third-order valence-electron chi connectivity index (χ3n) is 5.41. The number of aromatic nitrogens is 3. The van der Waals surface area contributed by atoms with Gasteiger partial charge < -0.3 is 24.1 Å². The third kappa shape index (κ3) is 4.06. The highest BCUT2D eigenvalue weighted by atomic mass is 16.7. The Morgan fingerprint density at radius 1 is 1.12 bits per heavy atom. The molecule has 0 unspecified atom stereocenters. The van der Waals surface area contributed by atoms with E-state index < -0.39 is 0 Å². The van der Waals surface area contributed by atoms with Crippen molar-refractivity contribution in [2.24, 2.45) is 0 Å². The Labute approximate surface area is 189 Å². The van der Waals surface area contributed by atoms with Gasteiger partial charge in [-0.2, -0.15) is 9.78 Å². The summed E-state index contributed by atoms with van der Waals surface area (Å²) in [7, 11) is 1.60. The Morgan fingerprint density at radius 3 is 2.76 bits per heavy atom. The molecule has 0 radical (unpaired) electrons. The van der Waals surface area contributed by atoms with Gasteiger partial charge in [0.15, 0.2) is 11.5 Å². The van der Waals surface area contributed by atoms with E-state index in [1.54, 1.807) is 36.2 Å². The van der Waals surface area contributed by atoms with Crippen molar-refractivity contribution in [1.29, 1.82) is 0 Å². The maximum atomic E-state index is 13.2. The molecular weight excluding hydrogens is 424 g/mol. The van der Waals surface area contributed by atoms with Crippen LogP contribution in [0.1, 0.15) is 15.9 Å². The number of benzene rings is 2. The molecule has 1 N–H and O–H groups in total. The summed E-state index contributed by atoms with van der Waals surface area (Å²) in [6.45, 7) is 1.41. The first kappa shape index (κ1) is 20.8. The van der Waals surface area contributed by atoms with Crippen LogP contribution in [0.4, 0.5) is 0 Å². The van der Waals surface area contributed by atoms with Crippen molar-refractivity contribution in [2.45, 2.75) is 13.1 Å². The van der Waals surface area contributed by atoms with Gasteiger partial charge in [-0.3, -0.25) is 9.59 Å². The van der Waals surface area contributed by atoms with Crippen molar-refractivity contribution in [3.05, 3.63) is 82.4 Å². The lowest BCUT2D eigenvalue weighted by molar-refractivity contribution is 0.0950. The fourth-order valence-corrected chi connectivity index (χ4v) is 3.72. The lowest BCUT2D eigenvalue weighted by Gasteiger charge is -2.13. The summed E-state index contributed by atoms with van der Waals surface area (Å²) in [6, 6.07) is 14.6. The van der Waals surface area contributed by atoms with Crippen LogP contribution in [0.25, 0.3) is 16.9 Å². The van der Waals surface area contributed by atoms with Gasteiger partial charge in [0.1, 0.15) is 5.69 Å². The molecule has 3 aliphatic heterocycles. The number of para-hydroxylation sites is 1. The second-order valence-corrected chi connectivity index (χ2v) is 7.59. The molecule has 9 heteroatoms. The summed E-state index contributed by atoms with van der Waals surface area (Å²) in [5.41, 5.74) is 2.25. The van der Waals surface area contributed by atoms with Gasteiger partial charge in [-0.15, -0.1) is 0 Å². The number of methoxy groups -OCH3 is 1. The van der Waals surface area contributed by atoms with E-state index in [-0.39, 0.29) is 24.8 Å². The molecular formula is C24H22N4O5. The van der Waals surface area contributed by atoms with Crippen LogP contribution in [0, 0.1) is 0 Å². The summed E-state index contributed by atoms with van der Waals surface area (Å²) < 4.78 is 19.0. The van der Waals surface area contributed by atoms with Crippen LogP contribution >= 0.6 is 0 Å². The van der Waals surface area contributed by atoms with E-state index >= 15 is 0 Å². The van der Waals surface area contributed by atoms with Crippen LogP contribution in [0.15, 0.2) is 65.7 Å². The lowest BCUT2D eigenvalue weighted by Crippen LogP contribution is -2.25. The summed E-state index contributed by atoms with van der Waals surface area (Å²) in [5, 5.41) is 7.41. The largest absolute Gasteiger partial charge is 0.454 e. The first-order chi connectivity index (χ1) is 16.1. The first-order valence-electron chi connectivity index (χ1n) is 10.5. The van der Waals surface area contributed by atoms with Gasteiger partial charge in [0, 0.05) is 32.6 Å². The van der Waals surface area contributed by atoms with Gasteiger partial charge in [0.2, 0.25) is 6.79 Å². The van der Waals surface area contributed by atoms with E-state index in [4.69, 9.17) is 14.2 Å². The summed E-state index contributed by atoms with van der Waals surface area (Å²) in [4.78, 5) is 26.3. The van der Waals surface area contributed by atoms with Gasteiger partial charge in [0.05, 0.1) is 23.4 Å². The number of ether oxygens (including phenoxy) is 3. The number of nitrogens with one attached hydrogen (secondary N) is 1. The van der Waals surface area contributed by atoms with Crippen molar-refractivity contribution in [3.8, 4) is 28.4 Å². The van der Waals surface area contributed by atoms with Crippen molar-refractivity contribution in [3.63, 3.8) is 0 Å². The number of amides is 1. The Balaban J connectivity index is 1.48. The molecule has 5 rings (SSSR count). The average Bonchev–Trinajstić information content (AvgIpc) is 3.45. The van der Waals surface area contributed by atoms with Crippen molar-refractivity contribution in [2.75, 3.05) is 20.5 Å². The number of pyridine rings is 1. The minimum atomic E-state index is -0.331. The zero-order valence-electron chi connectivity index (χ0n) is 18.0. The second kappa shape index (κ2) is 8.79. The summed E-state index contributed by atoms with van der Waals surface area (Å²) >= 11 is 0. The molecule has 3 heterocycles. The van der Waals surface area contributed by atoms with Crippen molar-refractivity contribution in [1.82, 2.24) is 19.7 Å². The van der Waals surface area contributed by atoms with Crippen molar-refractivity contribution >= 4 is 5.91 Å². The highest BCUT2D eigenvalue weighted by Gasteiger charge is 2.24. The molecule has 0 aliphatic carbocycles. The molecule has 0 atom stereocenters. The highest BCUT2D eigenvalue weighted by molar-refractivity contribution is 5.99. The molecule has 0 spiro atoms. The minimum absolute atomic E-state index is 0.191. The van der Waals surface area contributed by atoms with E-state index in [1.807, 2.05) is 36.4 Å². The Hall–Kier alpha value is -4.11. The number of carbonyl (C=O) groups excluding carboxylic acids is 1. The van der Waals surface area contributed by atoms with Gasteiger partial charge in [0.25, 0.3) is 11.5 Å². The van der Waals surface area contributed by atoms with Gasteiger partial charge in [-0.1, -0.05) is 24.3 Å². The summed E-state index contributed by atoms with van der Waals surface area (Å²) in [5.74, 6) is 1.00. The fourth-order valence-electron chi connectivity index (χ4n) is 3.72. The molecule has 2 aromatic carbocycles. The first-order valence-corrected chi connectivity index (χ1v) is 10.5. The quantitative estimate of drug-likeness (QED) is 0.469. The second-order valence-electron chi connectivity index (χ2n) is 7.59. The van der Waals surface area contributed by atoms with Crippen LogP contribution in [0.2, 0.25) is 0 Å². The van der Waals surface area contributed by atoms with Crippen LogP contribution in [0.3, 0.4) is 0 Å². The maximum absolute atomic E-state index is 13.2. The fraction of sp³-hybridized carbons (Fsp3) is 0.208. The molecule has 2 aromatic rings. The van der Waals surface area contributed by atoms with E-state index in [2.05, 4.69) is 10.4 Å². The van der Waals surface area contributed by atoms with E-state index in [1.165, 1.54) is 4.68 Å². The molecule has 9 nitrogen and oxygen atoms in total. The molecule has 0 fully saturated rings. The number of rotatable bonds is 7. The topological polar surface area (TPSA) is 96.6 Å². The smallest absolute Gasteiger partial charge is 0.282 e. The van der Waals surface area contributed by atoms with Gasteiger partial charge in [-0.05, 0) is 29.8 Å². The monoisotopic (exact) mass is 446 g/mol. The van der Waals surface area contributed by atoms with Crippen LogP contribution in [-0.2, 0) is 17.8 Å². The van der Waals surface area contributed by atoms with Crippen LogP contribution in [-0.4, -0.2) is 40.8 Å². The van der Waals surface area contributed by atoms with E-state index in [0.717, 1.165) is 5.56 Å². The highest BCUT2D eigenvalue weighted by Crippen LogP contribution is 2.32. The zero-order chi connectivity index (χ0) is 22.8. The molecule has 0 saturated heterocycles. The number of fused-ring (bicyclic) bond motifs is 2. The van der Waals surface area contributed by atoms with Gasteiger partial charge >= 0.3 is 0 Å². The van der Waals surface area contributed by atoms with Crippen LogP contribution < -0.4 is 20.3 Å². The number of nitrogens with zero attached hydrogens (tertiary/aromatic N) is 3. The number of hydrogen-bond donors (Lipinski definition) is 1. The lowest BCUT2D eigenvalue weighted by atomic mass is 10.1. The van der Waals surface area contributed by atoms with Crippen molar-refractivity contribution < 1.29 is 19.0 Å². The normalized spacial score (nSPS) is 12.3. The predicted molar refractivity (Wildman–Crippen MR) is 120 cm³/mol. The standard InChI is InChI=1S/C24H22N4O5/c1-31-10-9-27-13-18(23(29)25-12-16-7-8-20-21(11-16)33-15-32-20)22-19(14-27)24(30)28(26-22)17-5-3-2-4-6-17/h2-8,11,13-14H,9-10,12,15H2,1H3,(H,25,29).